The summed E-state index contributed by atoms with van der Waals surface area (Å²) in [6.07, 6.45) is 0. The van der Waals surface area contributed by atoms with Gasteiger partial charge in [-0.1, -0.05) is 53.3 Å². The minimum absolute atomic E-state index is 0. The number of benzene rings is 1. The van der Waals surface area contributed by atoms with Gasteiger partial charge in [0.05, 0.1) is 0 Å². The summed E-state index contributed by atoms with van der Waals surface area (Å²) < 4.78 is 20.4. The van der Waals surface area contributed by atoms with E-state index in [2.05, 4.69) is 0 Å². The maximum Gasteiger partial charge on any atom is 0.0248 e. The van der Waals surface area contributed by atoms with Crippen LogP contribution in [0.1, 0.15) is 35.1 Å². The van der Waals surface area contributed by atoms with Crippen LogP contribution < -0.4 is 0 Å². The van der Waals surface area contributed by atoms with Crippen molar-refractivity contribution in [2.75, 3.05) is 0 Å². The summed E-state index contributed by atoms with van der Waals surface area (Å²) in [6, 6.07) is 8.23. The summed E-state index contributed by atoms with van der Waals surface area (Å²) in [5.74, 6) is 0. The normalized spacial score (nSPS) is 9.21. The van der Waals surface area contributed by atoms with Crippen molar-refractivity contribution in [3.05, 3.63) is 30.3 Å². The number of rotatable bonds is 1. The van der Waals surface area contributed by atoms with E-state index in [1.54, 1.807) is 30.3 Å². The zero-order valence-corrected chi connectivity index (χ0v) is 9.43. The minimum atomic E-state index is -2.08. The lowest BCUT2D eigenvalue weighted by Gasteiger charge is -2.01. The molecule has 0 N–H and O–H groups in total. The molecular weight excluding hydrogens is 196 g/mol. The lowest BCUT2D eigenvalue weighted by Crippen LogP contribution is -1.85. The zero-order chi connectivity index (χ0) is 10.7. The molecule has 3 heteroatoms. The molecule has 0 aliphatic carbocycles. The van der Waals surface area contributed by atoms with Crippen LogP contribution in [-0.4, -0.2) is 8.76 Å². The Bertz CT molecular complexity index is 210. The molecule has 14 heavy (non-hydrogen) atoms. The third kappa shape index (κ3) is 9.42. The standard InChI is InChI=1S/C6H6O2S.2C2H6.CH4/c7-9(8)6-4-2-1-3-5-6;2*1-2;/h1-5H,(H,7,8);2*1-2H3;1H4/p-1. The number of hydrogen-bond donors (Lipinski definition) is 0. The van der Waals surface area contributed by atoms with Crippen molar-refractivity contribution in [1.29, 1.82) is 0 Å². The lowest BCUT2D eigenvalue weighted by atomic mass is 10.4. The molecule has 0 saturated heterocycles. The smallest absolute Gasteiger partial charge is 0.0248 e. The molecule has 1 aromatic rings. The van der Waals surface area contributed by atoms with Crippen LogP contribution in [0.15, 0.2) is 35.2 Å². The van der Waals surface area contributed by atoms with Crippen molar-refractivity contribution in [2.24, 2.45) is 0 Å². The highest BCUT2D eigenvalue weighted by Crippen LogP contribution is 2.00. The van der Waals surface area contributed by atoms with Crippen molar-refractivity contribution in [1.82, 2.24) is 0 Å². The summed E-state index contributed by atoms with van der Waals surface area (Å²) in [5.41, 5.74) is 0. The Kier molecular flexibility index (Phi) is 20.1. The quantitative estimate of drug-likeness (QED) is 0.674. The maximum absolute atomic E-state index is 10.2. The van der Waals surface area contributed by atoms with E-state index in [4.69, 9.17) is 0 Å². The van der Waals surface area contributed by atoms with Gasteiger partial charge in [-0.25, -0.2) is 0 Å². The monoisotopic (exact) mass is 217 g/mol. The number of hydrogen-bond acceptors (Lipinski definition) is 2. The van der Waals surface area contributed by atoms with Gasteiger partial charge in [0, 0.05) is 4.90 Å². The predicted molar refractivity (Wildman–Crippen MR) is 63.1 cm³/mol. The first kappa shape index (κ1) is 19.0. The zero-order valence-electron chi connectivity index (χ0n) is 8.61. The molecule has 1 aromatic carbocycles. The second kappa shape index (κ2) is 14.8. The fourth-order valence-electron chi connectivity index (χ4n) is 0.532. The van der Waals surface area contributed by atoms with Crippen molar-refractivity contribution >= 4 is 11.1 Å². The van der Waals surface area contributed by atoms with Gasteiger partial charge in [-0.15, -0.1) is 0 Å². The van der Waals surface area contributed by atoms with Gasteiger partial charge in [-0.3, -0.25) is 4.21 Å². The summed E-state index contributed by atoms with van der Waals surface area (Å²) in [5, 5.41) is 0. The average Bonchev–Trinajstić information content (AvgIpc) is 2.25. The maximum atomic E-state index is 10.2. The molecule has 0 radical (unpaired) electrons. The largest absolute Gasteiger partial charge is 0.768 e. The summed E-state index contributed by atoms with van der Waals surface area (Å²) in [7, 11) is 0. The van der Waals surface area contributed by atoms with Crippen LogP contribution in [0, 0.1) is 0 Å². The van der Waals surface area contributed by atoms with Gasteiger partial charge in [-0.2, -0.15) is 0 Å². The fourth-order valence-corrected chi connectivity index (χ4v) is 0.911. The third-order valence-corrected chi connectivity index (χ3v) is 1.59. The molecule has 0 fully saturated rings. The molecule has 0 aliphatic rings. The highest BCUT2D eigenvalue weighted by Gasteiger charge is 1.84. The summed E-state index contributed by atoms with van der Waals surface area (Å²) >= 11 is -2.08. The van der Waals surface area contributed by atoms with Gasteiger partial charge in [-0.05, 0) is 23.2 Å². The Hall–Kier alpha value is -0.670. The van der Waals surface area contributed by atoms with E-state index >= 15 is 0 Å². The fraction of sp³-hybridized carbons (Fsp3) is 0.455. The molecule has 1 rings (SSSR count). The van der Waals surface area contributed by atoms with E-state index in [0.29, 0.717) is 4.90 Å². The van der Waals surface area contributed by atoms with E-state index < -0.39 is 11.1 Å². The molecule has 84 valence electrons. The van der Waals surface area contributed by atoms with Crippen molar-refractivity contribution < 1.29 is 8.76 Å². The molecule has 0 spiro atoms. The van der Waals surface area contributed by atoms with Gasteiger partial charge in [0.2, 0.25) is 0 Å². The van der Waals surface area contributed by atoms with Crippen molar-refractivity contribution in [2.45, 2.75) is 40.0 Å². The van der Waals surface area contributed by atoms with Crippen LogP contribution in [0.3, 0.4) is 0 Å². The van der Waals surface area contributed by atoms with Crippen molar-refractivity contribution in [3.63, 3.8) is 0 Å². The summed E-state index contributed by atoms with van der Waals surface area (Å²) in [6.45, 7) is 8.00. The molecule has 0 aromatic heterocycles. The van der Waals surface area contributed by atoms with Gasteiger partial charge >= 0.3 is 0 Å². The molecule has 0 heterocycles. The van der Waals surface area contributed by atoms with Crippen LogP contribution in [0.4, 0.5) is 0 Å². The average molecular weight is 217 g/mol. The van der Waals surface area contributed by atoms with Crippen LogP contribution in [0.2, 0.25) is 0 Å². The van der Waals surface area contributed by atoms with E-state index in [9.17, 15) is 8.76 Å². The molecular formula is C11H21O2S-. The first-order valence-corrected chi connectivity index (χ1v) is 5.52. The van der Waals surface area contributed by atoms with Gasteiger partial charge in [0.25, 0.3) is 0 Å². The summed E-state index contributed by atoms with van der Waals surface area (Å²) in [4.78, 5) is 0.331. The minimum Gasteiger partial charge on any atom is -0.768 e. The highest BCUT2D eigenvalue weighted by atomic mass is 32.2. The SMILES string of the molecule is C.CC.CC.O=S([O-])c1ccccc1. The lowest BCUT2D eigenvalue weighted by molar-refractivity contribution is 0.537. The van der Waals surface area contributed by atoms with E-state index in [0.717, 1.165) is 0 Å². The molecule has 0 saturated carbocycles. The van der Waals surface area contributed by atoms with Crippen LogP contribution in [-0.2, 0) is 11.1 Å². The van der Waals surface area contributed by atoms with E-state index in [-0.39, 0.29) is 7.43 Å². The molecule has 0 aliphatic heterocycles. The third-order valence-electron chi connectivity index (χ3n) is 0.936. The Morgan fingerprint density at radius 1 is 1.00 bits per heavy atom. The second-order valence-electron chi connectivity index (χ2n) is 1.55. The van der Waals surface area contributed by atoms with Crippen LogP contribution in [0.5, 0.6) is 0 Å². The Labute approximate surface area is 90.7 Å². The molecule has 1 atom stereocenters. The molecule has 1 unspecified atom stereocenters. The second-order valence-corrected chi connectivity index (χ2v) is 2.49. The topological polar surface area (TPSA) is 40.1 Å². The van der Waals surface area contributed by atoms with Gasteiger partial charge in [0.1, 0.15) is 0 Å². The van der Waals surface area contributed by atoms with Crippen molar-refractivity contribution in [3.8, 4) is 0 Å². The Morgan fingerprint density at radius 3 is 1.57 bits per heavy atom. The van der Waals surface area contributed by atoms with Gasteiger partial charge < -0.3 is 4.55 Å². The van der Waals surface area contributed by atoms with Crippen LogP contribution in [0.25, 0.3) is 0 Å². The van der Waals surface area contributed by atoms with E-state index in [1.807, 2.05) is 27.7 Å². The molecule has 2 nitrogen and oxygen atoms in total. The van der Waals surface area contributed by atoms with E-state index in [1.165, 1.54) is 0 Å². The Morgan fingerprint density at radius 2 is 1.36 bits per heavy atom. The highest BCUT2D eigenvalue weighted by molar-refractivity contribution is 7.79. The first-order valence-electron chi connectivity index (χ1n) is 4.45. The van der Waals surface area contributed by atoms with Gasteiger partial charge in [0.15, 0.2) is 0 Å². The molecule has 0 amide bonds. The Balaban J connectivity index is -0.000000216. The first-order chi connectivity index (χ1) is 6.30. The van der Waals surface area contributed by atoms with Crippen LogP contribution >= 0.6 is 0 Å². The predicted octanol–water partition coefficient (Wildman–Crippen LogP) is 3.61. The molecule has 0 bridgehead atoms.